The van der Waals surface area contributed by atoms with Crippen molar-refractivity contribution in [2.24, 2.45) is 5.92 Å². The van der Waals surface area contributed by atoms with Crippen LogP contribution >= 0.6 is 0 Å². The number of anilines is 3. The molecule has 8 heteroatoms. The monoisotopic (exact) mass is 477 g/mol. The van der Waals surface area contributed by atoms with Crippen LogP contribution in [-0.2, 0) is 4.79 Å². The molecule has 2 aromatic carbocycles. The summed E-state index contributed by atoms with van der Waals surface area (Å²) in [5.74, 6) is 0.144. The Kier molecular flexibility index (Phi) is 7.48. The number of aryl methyl sites for hydroxylation is 1. The van der Waals surface area contributed by atoms with E-state index in [9.17, 15) is 14.0 Å². The van der Waals surface area contributed by atoms with Crippen LogP contribution in [0.4, 0.5) is 21.6 Å². The number of benzene rings is 2. The number of carbonyl (C=O) groups excluding carboxylic acids is 1. The molecule has 35 heavy (non-hydrogen) atoms. The molecule has 1 aliphatic heterocycles. The topological polar surface area (TPSA) is 70.5 Å². The van der Waals surface area contributed by atoms with Gasteiger partial charge in [0, 0.05) is 49.5 Å². The maximum Gasteiger partial charge on any atom is 0.271 e. The second-order valence-corrected chi connectivity index (χ2v) is 8.84. The zero-order valence-electron chi connectivity index (χ0n) is 20.5. The molecule has 0 saturated carbocycles. The van der Waals surface area contributed by atoms with Gasteiger partial charge < -0.3 is 15.1 Å². The lowest BCUT2D eigenvalue weighted by molar-refractivity contribution is -0.120. The molecule has 0 radical (unpaired) electrons. The summed E-state index contributed by atoms with van der Waals surface area (Å²) in [5, 5.41) is 7.56. The maximum absolute atomic E-state index is 13.6. The summed E-state index contributed by atoms with van der Waals surface area (Å²) in [6, 6.07) is 15.1. The Bertz CT molecular complexity index is 1250. The maximum atomic E-state index is 13.6. The Hall–Kier alpha value is -3.68. The number of aromatic nitrogens is 2. The predicted molar refractivity (Wildman–Crippen MR) is 138 cm³/mol. The minimum atomic E-state index is -0.425. The third-order valence-corrected chi connectivity index (χ3v) is 6.63. The molecule has 1 amide bonds. The van der Waals surface area contributed by atoms with E-state index in [2.05, 4.69) is 46.2 Å². The van der Waals surface area contributed by atoms with Crippen LogP contribution in [0.15, 0.2) is 59.4 Å². The van der Waals surface area contributed by atoms with Gasteiger partial charge >= 0.3 is 0 Å². The van der Waals surface area contributed by atoms with Crippen molar-refractivity contribution < 1.29 is 9.18 Å². The van der Waals surface area contributed by atoms with Crippen molar-refractivity contribution in [2.45, 2.75) is 33.6 Å². The molecule has 1 saturated heterocycles. The van der Waals surface area contributed by atoms with E-state index < -0.39 is 5.82 Å². The standard InChI is InChI=1S/C27H32FN5O2/c1-4-31(5-2)22-9-10-24(19(3)17-22)29-27(35)20-13-15-32(16-14-20)25-11-12-26(34)33(30-25)23-8-6-7-21(28)18-23/h6-12,17-18,20H,4-5,13-16H2,1-3H3,(H,29,35). The Labute approximate surface area is 205 Å². The van der Waals surface area contributed by atoms with Crippen molar-refractivity contribution in [3.63, 3.8) is 0 Å². The molecular formula is C27H32FN5O2. The zero-order valence-corrected chi connectivity index (χ0v) is 20.5. The Morgan fingerprint density at radius 1 is 1.09 bits per heavy atom. The molecule has 184 valence electrons. The lowest BCUT2D eigenvalue weighted by Gasteiger charge is -2.32. The molecule has 3 aromatic rings. The largest absolute Gasteiger partial charge is 0.372 e. The number of halogens is 1. The summed E-state index contributed by atoms with van der Waals surface area (Å²) in [6.45, 7) is 9.45. The van der Waals surface area contributed by atoms with Gasteiger partial charge in [-0.15, -0.1) is 5.10 Å². The van der Waals surface area contributed by atoms with Crippen molar-refractivity contribution in [1.82, 2.24) is 9.78 Å². The van der Waals surface area contributed by atoms with Gasteiger partial charge in [-0.25, -0.2) is 4.39 Å². The van der Waals surface area contributed by atoms with Crippen LogP contribution in [0.5, 0.6) is 0 Å². The highest BCUT2D eigenvalue weighted by Gasteiger charge is 2.26. The number of nitrogens with one attached hydrogen (secondary N) is 1. The van der Waals surface area contributed by atoms with Gasteiger partial charge in [0.25, 0.3) is 5.56 Å². The summed E-state index contributed by atoms with van der Waals surface area (Å²) < 4.78 is 14.8. The van der Waals surface area contributed by atoms with Gasteiger partial charge in [-0.2, -0.15) is 4.68 Å². The molecular weight excluding hydrogens is 445 g/mol. The number of piperidine rings is 1. The van der Waals surface area contributed by atoms with Crippen molar-refractivity contribution in [3.8, 4) is 5.69 Å². The number of carbonyl (C=O) groups is 1. The quantitative estimate of drug-likeness (QED) is 0.547. The fraction of sp³-hybridized carbons (Fsp3) is 0.370. The molecule has 0 aliphatic carbocycles. The molecule has 1 aliphatic rings. The fourth-order valence-corrected chi connectivity index (χ4v) is 4.54. The second-order valence-electron chi connectivity index (χ2n) is 8.84. The molecule has 2 heterocycles. The molecule has 1 N–H and O–H groups in total. The van der Waals surface area contributed by atoms with Crippen molar-refractivity contribution in [3.05, 3.63) is 76.3 Å². The van der Waals surface area contributed by atoms with Crippen LogP contribution < -0.4 is 20.7 Å². The van der Waals surface area contributed by atoms with Gasteiger partial charge in [0.2, 0.25) is 5.91 Å². The van der Waals surface area contributed by atoms with Gasteiger partial charge in [0.05, 0.1) is 5.69 Å². The highest BCUT2D eigenvalue weighted by molar-refractivity contribution is 5.93. The van der Waals surface area contributed by atoms with Crippen molar-refractivity contribution in [2.75, 3.05) is 41.3 Å². The molecule has 1 fully saturated rings. The first-order valence-electron chi connectivity index (χ1n) is 12.2. The fourth-order valence-electron chi connectivity index (χ4n) is 4.54. The van der Waals surface area contributed by atoms with E-state index in [-0.39, 0.29) is 17.4 Å². The molecule has 4 rings (SSSR count). The first-order valence-corrected chi connectivity index (χ1v) is 12.2. The number of nitrogens with zero attached hydrogens (tertiary/aromatic N) is 4. The van der Waals surface area contributed by atoms with E-state index in [1.807, 2.05) is 13.0 Å². The second kappa shape index (κ2) is 10.7. The van der Waals surface area contributed by atoms with Crippen LogP contribution in [0, 0.1) is 18.7 Å². The summed E-state index contributed by atoms with van der Waals surface area (Å²) in [4.78, 5) is 29.6. The molecule has 7 nitrogen and oxygen atoms in total. The van der Waals surface area contributed by atoms with E-state index in [4.69, 9.17) is 0 Å². The number of amides is 1. The van der Waals surface area contributed by atoms with Crippen LogP contribution in [0.1, 0.15) is 32.3 Å². The SMILES string of the molecule is CCN(CC)c1ccc(NC(=O)C2CCN(c3ccc(=O)n(-c4cccc(F)c4)n3)CC2)c(C)c1. The van der Waals surface area contributed by atoms with E-state index in [1.54, 1.807) is 18.2 Å². The lowest BCUT2D eigenvalue weighted by Crippen LogP contribution is -2.39. The third-order valence-electron chi connectivity index (χ3n) is 6.63. The zero-order chi connectivity index (χ0) is 24.9. The van der Waals surface area contributed by atoms with E-state index in [0.29, 0.717) is 37.4 Å². The van der Waals surface area contributed by atoms with Gasteiger partial charge in [-0.1, -0.05) is 6.07 Å². The first kappa shape index (κ1) is 24.4. The number of rotatable bonds is 7. The van der Waals surface area contributed by atoms with Gasteiger partial charge in [-0.05, 0) is 81.6 Å². The molecule has 0 bridgehead atoms. The molecule has 0 unspecified atom stereocenters. The highest BCUT2D eigenvalue weighted by atomic mass is 19.1. The summed E-state index contributed by atoms with van der Waals surface area (Å²) in [7, 11) is 0. The minimum absolute atomic E-state index is 0.0287. The number of hydrogen-bond donors (Lipinski definition) is 1. The van der Waals surface area contributed by atoms with Crippen LogP contribution in [0.25, 0.3) is 5.69 Å². The van der Waals surface area contributed by atoms with E-state index in [1.165, 1.54) is 22.9 Å². The van der Waals surface area contributed by atoms with Gasteiger partial charge in [-0.3, -0.25) is 9.59 Å². The Morgan fingerprint density at radius 2 is 1.83 bits per heavy atom. The van der Waals surface area contributed by atoms with E-state index in [0.717, 1.165) is 30.0 Å². The first-order chi connectivity index (χ1) is 16.9. The van der Waals surface area contributed by atoms with Crippen LogP contribution in [-0.4, -0.2) is 41.9 Å². The number of hydrogen-bond acceptors (Lipinski definition) is 5. The van der Waals surface area contributed by atoms with Crippen molar-refractivity contribution >= 4 is 23.1 Å². The van der Waals surface area contributed by atoms with Gasteiger partial charge in [0.1, 0.15) is 11.6 Å². The summed E-state index contributed by atoms with van der Waals surface area (Å²) in [5.41, 5.74) is 3.11. The molecule has 1 aromatic heterocycles. The lowest BCUT2D eigenvalue weighted by atomic mass is 9.95. The normalized spacial score (nSPS) is 14.1. The third kappa shape index (κ3) is 5.53. The average Bonchev–Trinajstić information content (AvgIpc) is 2.86. The molecule has 0 spiro atoms. The highest BCUT2D eigenvalue weighted by Crippen LogP contribution is 2.26. The average molecular weight is 478 g/mol. The minimum Gasteiger partial charge on any atom is -0.372 e. The smallest absolute Gasteiger partial charge is 0.271 e. The molecule has 0 atom stereocenters. The van der Waals surface area contributed by atoms with Crippen LogP contribution in [0.3, 0.4) is 0 Å². The summed E-state index contributed by atoms with van der Waals surface area (Å²) in [6.07, 6.45) is 1.37. The van der Waals surface area contributed by atoms with Crippen molar-refractivity contribution in [1.29, 1.82) is 0 Å². The predicted octanol–water partition coefficient (Wildman–Crippen LogP) is 4.38. The summed E-state index contributed by atoms with van der Waals surface area (Å²) >= 11 is 0. The van der Waals surface area contributed by atoms with E-state index >= 15 is 0 Å². The van der Waals surface area contributed by atoms with Gasteiger partial charge in [0.15, 0.2) is 0 Å². The van der Waals surface area contributed by atoms with Crippen LogP contribution in [0.2, 0.25) is 0 Å². The Morgan fingerprint density at radius 3 is 2.49 bits per heavy atom. The Balaban J connectivity index is 1.40.